The number of aliphatic hydroxyl groups excluding tert-OH is 3. The summed E-state index contributed by atoms with van der Waals surface area (Å²) in [6.07, 6.45) is 2.11. The largest absolute Gasteiger partial charge is 0.390 e. The quantitative estimate of drug-likeness (QED) is 0.353. The SMILES string of the molecule is CC(C)(O)CC[C@@H](O)[C@](C)(O)[C@H]1CC[C@@]2(O)C3=CC(=O)[C@@H]4C[C@@H](O)[C@@H](O)C[C@@]4(C)[C@H]3CC[C@@]12C. The van der Waals surface area contributed by atoms with E-state index in [1.807, 2.05) is 13.8 Å². The molecule has 3 saturated carbocycles. The highest BCUT2D eigenvalue weighted by molar-refractivity contribution is 5.95. The minimum Gasteiger partial charge on any atom is -0.390 e. The van der Waals surface area contributed by atoms with Gasteiger partial charge >= 0.3 is 0 Å². The number of carbonyl (C=O) groups is 1. The van der Waals surface area contributed by atoms with Crippen molar-refractivity contribution in [3.63, 3.8) is 0 Å². The molecule has 0 unspecified atom stereocenters. The van der Waals surface area contributed by atoms with E-state index in [0.29, 0.717) is 44.1 Å². The topological polar surface area (TPSA) is 138 Å². The second-order valence-electron chi connectivity index (χ2n) is 13.2. The van der Waals surface area contributed by atoms with Gasteiger partial charge in [0.2, 0.25) is 0 Å². The number of aliphatic hydroxyl groups is 6. The highest BCUT2D eigenvalue weighted by Gasteiger charge is 2.69. The molecule has 7 heteroatoms. The Labute approximate surface area is 202 Å². The van der Waals surface area contributed by atoms with E-state index in [2.05, 4.69) is 0 Å². The summed E-state index contributed by atoms with van der Waals surface area (Å²) in [5, 5.41) is 65.5. The van der Waals surface area contributed by atoms with Gasteiger partial charge in [-0.2, -0.15) is 0 Å². The molecule has 0 aliphatic heterocycles. The molecule has 34 heavy (non-hydrogen) atoms. The Bertz CT molecular complexity index is 860. The van der Waals surface area contributed by atoms with Gasteiger partial charge in [-0.05, 0) is 101 Å². The lowest BCUT2D eigenvalue weighted by Crippen LogP contribution is -2.62. The van der Waals surface area contributed by atoms with Crippen LogP contribution >= 0.6 is 0 Å². The lowest BCUT2D eigenvalue weighted by molar-refractivity contribution is -0.177. The Morgan fingerprint density at radius 2 is 1.71 bits per heavy atom. The zero-order chi connectivity index (χ0) is 25.5. The smallest absolute Gasteiger partial charge is 0.159 e. The minimum absolute atomic E-state index is 0.0840. The number of fused-ring (bicyclic) bond motifs is 5. The normalized spacial score (nSPS) is 47.2. The van der Waals surface area contributed by atoms with Crippen LogP contribution in [0, 0.1) is 28.6 Å². The van der Waals surface area contributed by atoms with E-state index < -0.39 is 45.9 Å². The molecule has 10 atom stereocenters. The molecule has 194 valence electrons. The van der Waals surface area contributed by atoms with E-state index in [1.54, 1.807) is 26.8 Å². The average Bonchev–Trinajstić information content (AvgIpc) is 3.00. The van der Waals surface area contributed by atoms with Gasteiger partial charge in [-0.1, -0.05) is 13.8 Å². The summed E-state index contributed by atoms with van der Waals surface area (Å²) in [5.74, 6) is -0.948. The number of ketones is 1. The maximum absolute atomic E-state index is 13.2. The Kier molecular flexibility index (Phi) is 6.24. The van der Waals surface area contributed by atoms with Crippen molar-refractivity contribution in [1.29, 1.82) is 0 Å². The lowest BCUT2D eigenvalue weighted by atomic mass is 9.45. The van der Waals surface area contributed by atoms with E-state index in [-0.39, 0.29) is 36.4 Å². The predicted molar refractivity (Wildman–Crippen MR) is 127 cm³/mol. The molecule has 0 aromatic carbocycles. The van der Waals surface area contributed by atoms with E-state index in [9.17, 15) is 35.4 Å². The fourth-order valence-corrected chi connectivity index (χ4v) is 8.32. The molecule has 4 aliphatic carbocycles. The second kappa shape index (κ2) is 8.09. The Morgan fingerprint density at radius 3 is 2.32 bits per heavy atom. The Hall–Kier alpha value is -0.830. The molecular formula is C27H44O7. The van der Waals surface area contributed by atoms with Crippen LogP contribution in [0.25, 0.3) is 0 Å². The van der Waals surface area contributed by atoms with Crippen LogP contribution < -0.4 is 0 Å². The van der Waals surface area contributed by atoms with Gasteiger partial charge in [0, 0.05) is 11.3 Å². The van der Waals surface area contributed by atoms with Crippen LogP contribution in [0.3, 0.4) is 0 Å². The van der Waals surface area contributed by atoms with Crippen LogP contribution in [0.2, 0.25) is 0 Å². The fourth-order valence-electron chi connectivity index (χ4n) is 8.32. The van der Waals surface area contributed by atoms with Crippen molar-refractivity contribution in [2.75, 3.05) is 0 Å². The van der Waals surface area contributed by atoms with Crippen LogP contribution in [0.15, 0.2) is 11.6 Å². The fraction of sp³-hybridized carbons (Fsp3) is 0.889. The Morgan fingerprint density at radius 1 is 1.06 bits per heavy atom. The highest BCUT2D eigenvalue weighted by atomic mass is 16.3. The molecule has 3 fully saturated rings. The van der Waals surface area contributed by atoms with E-state index in [0.717, 1.165) is 0 Å². The van der Waals surface area contributed by atoms with Gasteiger partial charge in [0.15, 0.2) is 5.78 Å². The highest BCUT2D eigenvalue weighted by Crippen LogP contribution is 2.68. The first-order valence-electron chi connectivity index (χ1n) is 12.9. The second-order valence-corrected chi connectivity index (χ2v) is 13.2. The summed E-state index contributed by atoms with van der Waals surface area (Å²) < 4.78 is 0. The summed E-state index contributed by atoms with van der Waals surface area (Å²) in [4.78, 5) is 13.2. The number of hydrogen-bond acceptors (Lipinski definition) is 7. The first-order valence-corrected chi connectivity index (χ1v) is 12.9. The van der Waals surface area contributed by atoms with Gasteiger partial charge in [-0.15, -0.1) is 0 Å². The zero-order valence-electron chi connectivity index (χ0n) is 21.3. The number of allylic oxidation sites excluding steroid dienone is 1. The van der Waals surface area contributed by atoms with Crippen molar-refractivity contribution in [1.82, 2.24) is 0 Å². The first kappa shape index (κ1) is 26.2. The molecule has 0 spiro atoms. The summed E-state index contributed by atoms with van der Waals surface area (Å²) in [5.41, 5.74) is -4.27. The van der Waals surface area contributed by atoms with Crippen LogP contribution in [-0.2, 0) is 4.79 Å². The third-order valence-corrected chi connectivity index (χ3v) is 10.5. The molecule has 0 radical (unpaired) electrons. The molecule has 6 N–H and O–H groups in total. The molecule has 4 rings (SSSR count). The third-order valence-electron chi connectivity index (χ3n) is 10.5. The van der Waals surface area contributed by atoms with Crippen molar-refractivity contribution in [2.24, 2.45) is 28.6 Å². The van der Waals surface area contributed by atoms with Crippen LogP contribution in [0.4, 0.5) is 0 Å². The van der Waals surface area contributed by atoms with Gasteiger partial charge in [0.1, 0.15) is 0 Å². The van der Waals surface area contributed by atoms with Crippen LogP contribution in [0.1, 0.15) is 86.0 Å². The maximum Gasteiger partial charge on any atom is 0.159 e. The van der Waals surface area contributed by atoms with Gasteiger partial charge in [-0.25, -0.2) is 0 Å². The van der Waals surface area contributed by atoms with Crippen LogP contribution in [-0.4, -0.2) is 71.5 Å². The summed E-state index contributed by atoms with van der Waals surface area (Å²) in [7, 11) is 0. The number of rotatable bonds is 5. The standard InChI is InChI=1S/C27H44O7/c1-23(2,32)9-8-22(31)26(5,33)21-7-11-27(34)16-12-18(28)17-13-19(29)20(30)14-24(17,3)15(16)6-10-25(21,27)4/h12,15,17,19-22,29-34H,6-11,13-14H2,1-5H3/t15-,17-,19+,20-,21-,22+,24-,25-,26+,27+/m0/s1. The van der Waals surface area contributed by atoms with Crippen molar-refractivity contribution in [3.05, 3.63) is 11.6 Å². The maximum atomic E-state index is 13.2. The van der Waals surface area contributed by atoms with Crippen molar-refractivity contribution >= 4 is 5.78 Å². The van der Waals surface area contributed by atoms with E-state index >= 15 is 0 Å². The van der Waals surface area contributed by atoms with Gasteiger partial charge < -0.3 is 30.6 Å². The number of hydrogen-bond donors (Lipinski definition) is 6. The van der Waals surface area contributed by atoms with Gasteiger partial charge in [0.05, 0.1) is 35.1 Å². The molecule has 0 saturated heterocycles. The Balaban J connectivity index is 1.66. The van der Waals surface area contributed by atoms with Gasteiger partial charge in [-0.3, -0.25) is 4.79 Å². The predicted octanol–water partition coefficient (Wildman–Crippen LogP) is 1.85. The van der Waals surface area contributed by atoms with Crippen molar-refractivity contribution < 1.29 is 35.4 Å². The minimum atomic E-state index is -1.46. The summed E-state index contributed by atoms with van der Waals surface area (Å²) >= 11 is 0. The molecular weight excluding hydrogens is 436 g/mol. The summed E-state index contributed by atoms with van der Waals surface area (Å²) in [6, 6.07) is 0. The average molecular weight is 481 g/mol. The third kappa shape index (κ3) is 3.73. The van der Waals surface area contributed by atoms with Gasteiger partial charge in [0.25, 0.3) is 0 Å². The summed E-state index contributed by atoms with van der Waals surface area (Å²) in [6.45, 7) is 8.96. The molecule has 0 heterocycles. The first-order chi connectivity index (χ1) is 15.5. The molecule has 0 amide bonds. The monoisotopic (exact) mass is 480 g/mol. The molecule has 7 nitrogen and oxygen atoms in total. The molecule has 0 aromatic heterocycles. The van der Waals surface area contributed by atoms with Crippen molar-refractivity contribution in [3.8, 4) is 0 Å². The molecule has 4 aliphatic rings. The zero-order valence-corrected chi connectivity index (χ0v) is 21.3. The van der Waals surface area contributed by atoms with Crippen molar-refractivity contribution in [2.45, 2.75) is 121 Å². The number of carbonyl (C=O) groups excluding carboxylic acids is 1. The van der Waals surface area contributed by atoms with Crippen LogP contribution in [0.5, 0.6) is 0 Å². The van der Waals surface area contributed by atoms with E-state index in [4.69, 9.17) is 0 Å². The molecule has 0 aromatic rings. The molecule has 0 bridgehead atoms. The lowest BCUT2D eigenvalue weighted by Gasteiger charge is -2.60. The van der Waals surface area contributed by atoms with E-state index in [1.165, 1.54) is 0 Å².